The molecule has 0 spiro atoms. The van der Waals surface area contributed by atoms with Crippen LogP contribution in [0.1, 0.15) is 12.5 Å². The van der Waals surface area contributed by atoms with E-state index in [1.807, 2.05) is 6.07 Å². The van der Waals surface area contributed by atoms with Crippen LogP contribution in [0.4, 0.5) is 5.82 Å². The molecular weight excluding hydrogens is 262 g/mol. The molecule has 1 fully saturated rings. The highest BCUT2D eigenvalue weighted by Crippen LogP contribution is 2.25. The summed E-state index contributed by atoms with van der Waals surface area (Å²) in [5.41, 5.74) is 2.30. The van der Waals surface area contributed by atoms with Crippen molar-refractivity contribution in [1.82, 2.24) is 10.3 Å². The predicted octanol–water partition coefficient (Wildman–Crippen LogP) is 2.36. The molecule has 2 heterocycles. The number of ether oxygens (including phenoxy) is 1. The minimum atomic E-state index is 0.353. The third kappa shape index (κ3) is 3.01. The number of rotatable bonds is 4. The molecule has 1 atom stereocenters. The second kappa shape index (κ2) is 6.41. The highest BCUT2D eigenvalue weighted by Gasteiger charge is 2.25. The number of pyridine rings is 1. The van der Waals surface area contributed by atoms with Crippen LogP contribution in [0.25, 0.3) is 10.9 Å². The minimum absolute atomic E-state index is 0.353. The Kier molecular flexibility index (Phi) is 4.36. The summed E-state index contributed by atoms with van der Waals surface area (Å²) in [5, 5.41) is 4.63. The van der Waals surface area contributed by atoms with Crippen LogP contribution >= 0.6 is 0 Å². The molecular formula is C17H23N3O. The molecule has 112 valence electrons. The van der Waals surface area contributed by atoms with Crippen LogP contribution in [0, 0.1) is 6.92 Å². The smallest absolute Gasteiger partial charge is 0.132 e. The lowest BCUT2D eigenvalue weighted by Gasteiger charge is -2.37. The number of nitrogens with one attached hydrogen (secondary N) is 1. The van der Waals surface area contributed by atoms with Gasteiger partial charge in [-0.05, 0) is 31.2 Å². The van der Waals surface area contributed by atoms with Crippen LogP contribution in [0.5, 0.6) is 0 Å². The predicted molar refractivity (Wildman–Crippen MR) is 87.0 cm³/mol. The van der Waals surface area contributed by atoms with Gasteiger partial charge in [-0.15, -0.1) is 0 Å². The fraction of sp³-hybridized carbons (Fsp3) is 0.471. The zero-order valence-electron chi connectivity index (χ0n) is 12.8. The Morgan fingerprint density at radius 1 is 1.38 bits per heavy atom. The monoisotopic (exact) mass is 285 g/mol. The number of aromatic nitrogens is 1. The molecule has 0 bridgehead atoms. The van der Waals surface area contributed by atoms with Gasteiger partial charge in [0.15, 0.2) is 0 Å². The fourth-order valence-electron chi connectivity index (χ4n) is 2.92. The van der Waals surface area contributed by atoms with Crippen LogP contribution in [0.3, 0.4) is 0 Å². The van der Waals surface area contributed by atoms with Crippen molar-refractivity contribution < 1.29 is 4.74 Å². The minimum Gasteiger partial charge on any atom is -0.377 e. The zero-order chi connectivity index (χ0) is 14.7. The van der Waals surface area contributed by atoms with E-state index in [0.29, 0.717) is 6.04 Å². The Morgan fingerprint density at radius 2 is 2.24 bits per heavy atom. The Bertz CT molecular complexity index is 614. The number of para-hydroxylation sites is 1. The number of benzene rings is 1. The molecule has 2 aromatic rings. The van der Waals surface area contributed by atoms with E-state index < -0.39 is 0 Å². The van der Waals surface area contributed by atoms with Crippen molar-refractivity contribution in [1.29, 1.82) is 0 Å². The van der Waals surface area contributed by atoms with Gasteiger partial charge in [0.25, 0.3) is 0 Å². The lowest BCUT2D eigenvalue weighted by atomic mass is 10.1. The number of hydrogen-bond acceptors (Lipinski definition) is 4. The number of fused-ring (bicyclic) bond motifs is 1. The molecule has 0 amide bonds. The van der Waals surface area contributed by atoms with Gasteiger partial charge in [-0.2, -0.15) is 0 Å². The summed E-state index contributed by atoms with van der Waals surface area (Å²) >= 11 is 0. The van der Waals surface area contributed by atoms with Crippen LogP contribution in [-0.2, 0) is 4.74 Å². The lowest BCUT2D eigenvalue weighted by Crippen LogP contribution is -2.51. The maximum Gasteiger partial charge on any atom is 0.132 e. The van der Waals surface area contributed by atoms with Crippen LogP contribution in [0.15, 0.2) is 30.3 Å². The van der Waals surface area contributed by atoms with Crippen LogP contribution < -0.4 is 10.2 Å². The van der Waals surface area contributed by atoms with Gasteiger partial charge < -0.3 is 15.0 Å². The number of anilines is 1. The summed E-state index contributed by atoms with van der Waals surface area (Å²) in [7, 11) is 0. The van der Waals surface area contributed by atoms with Gasteiger partial charge in [0, 0.05) is 18.5 Å². The van der Waals surface area contributed by atoms with E-state index in [2.05, 4.69) is 48.3 Å². The van der Waals surface area contributed by atoms with Gasteiger partial charge in [-0.1, -0.05) is 25.1 Å². The Balaban J connectivity index is 1.94. The van der Waals surface area contributed by atoms with Gasteiger partial charge in [-0.25, -0.2) is 4.98 Å². The van der Waals surface area contributed by atoms with E-state index in [1.165, 1.54) is 10.9 Å². The molecule has 0 aliphatic carbocycles. The molecule has 4 nitrogen and oxygen atoms in total. The number of morpholine rings is 1. The summed E-state index contributed by atoms with van der Waals surface area (Å²) in [6, 6.07) is 10.9. The molecule has 0 radical (unpaired) electrons. The first-order valence-corrected chi connectivity index (χ1v) is 7.71. The molecule has 21 heavy (non-hydrogen) atoms. The third-order valence-corrected chi connectivity index (χ3v) is 4.02. The van der Waals surface area contributed by atoms with Gasteiger partial charge in [-0.3, -0.25) is 0 Å². The average Bonchev–Trinajstić information content (AvgIpc) is 2.52. The molecule has 1 unspecified atom stereocenters. The van der Waals surface area contributed by atoms with Crippen molar-refractivity contribution in [3.8, 4) is 0 Å². The summed E-state index contributed by atoms with van der Waals surface area (Å²) in [4.78, 5) is 7.30. The van der Waals surface area contributed by atoms with Crippen molar-refractivity contribution in [2.45, 2.75) is 19.9 Å². The van der Waals surface area contributed by atoms with Crippen molar-refractivity contribution in [2.75, 3.05) is 37.7 Å². The molecule has 1 aliphatic heterocycles. The van der Waals surface area contributed by atoms with E-state index in [9.17, 15) is 0 Å². The van der Waals surface area contributed by atoms with Crippen LogP contribution in [0.2, 0.25) is 0 Å². The highest BCUT2D eigenvalue weighted by molar-refractivity contribution is 5.81. The zero-order valence-corrected chi connectivity index (χ0v) is 12.8. The van der Waals surface area contributed by atoms with Crippen molar-refractivity contribution in [2.24, 2.45) is 0 Å². The summed E-state index contributed by atoms with van der Waals surface area (Å²) < 4.78 is 5.65. The number of aryl methyl sites for hydroxylation is 1. The Hall–Kier alpha value is -1.65. The Labute approximate surface area is 126 Å². The van der Waals surface area contributed by atoms with Crippen molar-refractivity contribution in [3.05, 3.63) is 35.9 Å². The largest absolute Gasteiger partial charge is 0.377 e. The maximum absolute atomic E-state index is 5.65. The SMILES string of the molecule is CCNCC1COCCN1c1nc2ccccc2cc1C. The highest BCUT2D eigenvalue weighted by atomic mass is 16.5. The second-order valence-corrected chi connectivity index (χ2v) is 5.55. The van der Waals surface area contributed by atoms with E-state index >= 15 is 0 Å². The fourth-order valence-corrected chi connectivity index (χ4v) is 2.92. The lowest BCUT2D eigenvalue weighted by molar-refractivity contribution is 0.0935. The standard InChI is InChI=1S/C17H23N3O/c1-3-18-11-15-12-21-9-8-20(15)17-13(2)10-14-6-4-5-7-16(14)19-17/h4-7,10,15,18H,3,8-9,11-12H2,1-2H3. The summed E-state index contributed by atoms with van der Waals surface area (Å²) in [6.45, 7) is 8.64. The molecule has 1 N–H and O–H groups in total. The summed E-state index contributed by atoms with van der Waals surface area (Å²) in [5.74, 6) is 1.10. The molecule has 1 aromatic heterocycles. The van der Waals surface area contributed by atoms with E-state index in [4.69, 9.17) is 9.72 Å². The third-order valence-electron chi connectivity index (χ3n) is 4.02. The molecule has 1 saturated heterocycles. The maximum atomic E-state index is 5.65. The first kappa shape index (κ1) is 14.3. The average molecular weight is 285 g/mol. The molecule has 3 rings (SSSR count). The normalized spacial score (nSPS) is 19.1. The molecule has 0 saturated carbocycles. The molecule has 1 aromatic carbocycles. The van der Waals surface area contributed by atoms with Crippen molar-refractivity contribution in [3.63, 3.8) is 0 Å². The first-order chi connectivity index (χ1) is 10.3. The van der Waals surface area contributed by atoms with E-state index in [0.717, 1.165) is 44.2 Å². The quantitative estimate of drug-likeness (QED) is 0.936. The van der Waals surface area contributed by atoms with Gasteiger partial charge in [0.2, 0.25) is 0 Å². The number of nitrogens with zero attached hydrogens (tertiary/aromatic N) is 2. The van der Waals surface area contributed by atoms with Crippen molar-refractivity contribution >= 4 is 16.7 Å². The second-order valence-electron chi connectivity index (χ2n) is 5.55. The van der Waals surface area contributed by atoms with Gasteiger partial charge in [0.1, 0.15) is 5.82 Å². The first-order valence-electron chi connectivity index (χ1n) is 7.71. The summed E-state index contributed by atoms with van der Waals surface area (Å²) in [6.07, 6.45) is 0. The van der Waals surface area contributed by atoms with Crippen LogP contribution in [-0.4, -0.2) is 43.9 Å². The van der Waals surface area contributed by atoms with Gasteiger partial charge >= 0.3 is 0 Å². The number of hydrogen-bond donors (Lipinski definition) is 1. The molecule has 4 heteroatoms. The molecule has 1 aliphatic rings. The van der Waals surface area contributed by atoms with E-state index in [1.54, 1.807) is 0 Å². The van der Waals surface area contributed by atoms with Gasteiger partial charge in [0.05, 0.1) is 24.8 Å². The topological polar surface area (TPSA) is 37.4 Å². The van der Waals surface area contributed by atoms with E-state index in [-0.39, 0.29) is 0 Å². The Morgan fingerprint density at radius 3 is 3.10 bits per heavy atom. The number of likely N-dealkylation sites (N-methyl/N-ethyl adjacent to an activating group) is 1.